The number of fused-ring (bicyclic) bond motifs is 3. The average Bonchev–Trinajstić information content (AvgIpc) is 2.97. The lowest BCUT2D eigenvalue weighted by molar-refractivity contribution is -0.353. The molecule has 4 bridgehead atoms. The van der Waals surface area contributed by atoms with Crippen LogP contribution in [0.15, 0.2) is 18.2 Å². The zero-order valence-electron chi connectivity index (χ0n) is 14.5. The quantitative estimate of drug-likeness (QED) is 0.625. The lowest BCUT2D eigenvalue weighted by Crippen LogP contribution is -2.62. The second kappa shape index (κ2) is 5.19. The molecule has 1 aromatic carbocycles. The van der Waals surface area contributed by atoms with Crippen LogP contribution >= 0.6 is 0 Å². The van der Waals surface area contributed by atoms with Crippen molar-refractivity contribution in [2.45, 2.75) is 49.5 Å². The maximum absolute atomic E-state index is 12.8. The van der Waals surface area contributed by atoms with Crippen LogP contribution in [0.1, 0.15) is 25.3 Å². The predicted molar refractivity (Wildman–Crippen MR) is 92.4 cm³/mol. The van der Waals surface area contributed by atoms with Crippen LogP contribution in [0, 0.1) is 17.0 Å². The minimum absolute atomic E-state index is 0.115. The summed E-state index contributed by atoms with van der Waals surface area (Å²) in [7, 11) is 1.60. The molecule has 7 unspecified atom stereocenters. The summed E-state index contributed by atoms with van der Waals surface area (Å²) in [6.07, 6.45) is 2.66. The van der Waals surface area contributed by atoms with Gasteiger partial charge < -0.3 is 25.1 Å². The number of aliphatic hydroxyl groups excluding tert-OH is 1. The van der Waals surface area contributed by atoms with Gasteiger partial charge in [-0.2, -0.15) is 4.74 Å². The van der Waals surface area contributed by atoms with Crippen molar-refractivity contribution < 1.29 is 19.3 Å². The summed E-state index contributed by atoms with van der Waals surface area (Å²) in [5, 5.41) is 27.7. The van der Waals surface area contributed by atoms with Gasteiger partial charge in [-0.25, -0.2) is 0 Å². The Morgan fingerprint density at radius 1 is 1.48 bits per heavy atom. The van der Waals surface area contributed by atoms with Gasteiger partial charge >= 0.3 is 0 Å². The number of nitrogens with zero attached hydrogens (tertiary/aromatic N) is 1. The molecule has 0 aromatic heterocycles. The molecule has 6 heteroatoms. The van der Waals surface area contributed by atoms with Gasteiger partial charge in [0.05, 0.1) is 19.3 Å². The van der Waals surface area contributed by atoms with Gasteiger partial charge in [-0.15, -0.1) is 0 Å². The van der Waals surface area contributed by atoms with Crippen LogP contribution in [0.5, 0.6) is 5.75 Å². The van der Waals surface area contributed by atoms with Gasteiger partial charge in [0.2, 0.25) is 5.69 Å². The van der Waals surface area contributed by atoms with Crippen LogP contribution in [0.2, 0.25) is 0 Å². The Hall–Kier alpha value is -1.63. The largest absolute Gasteiger partial charge is 0.618 e. The lowest BCUT2D eigenvalue weighted by atomic mass is 9.59. The summed E-state index contributed by atoms with van der Waals surface area (Å²) >= 11 is 0. The summed E-state index contributed by atoms with van der Waals surface area (Å²) in [6, 6.07) is 6.02. The van der Waals surface area contributed by atoms with Crippen molar-refractivity contribution in [3.63, 3.8) is 0 Å². The lowest BCUT2D eigenvalue weighted by Gasteiger charge is -2.45. The van der Waals surface area contributed by atoms with E-state index in [4.69, 9.17) is 9.47 Å². The van der Waals surface area contributed by atoms with Crippen LogP contribution in [-0.4, -0.2) is 54.1 Å². The van der Waals surface area contributed by atoms with Crippen molar-refractivity contribution in [3.05, 3.63) is 29.0 Å². The molecule has 1 aromatic rings. The number of hydrogen-bond acceptors (Lipinski definition) is 5. The molecule has 2 N–H and O–H groups in total. The maximum atomic E-state index is 12.8. The van der Waals surface area contributed by atoms with Gasteiger partial charge in [-0.1, -0.05) is 6.92 Å². The zero-order chi connectivity index (χ0) is 17.3. The number of ether oxygens (including phenoxy) is 2. The molecule has 0 radical (unpaired) electrons. The molecule has 25 heavy (non-hydrogen) atoms. The smallest absolute Gasteiger partial charge is 0.224 e. The van der Waals surface area contributed by atoms with E-state index >= 15 is 0 Å². The molecular weight excluding hydrogens is 320 g/mol. The summed E-state index contributed by atoms with van der Waals surface area (Å²) in [6.45, 7) is 2.79. The molecule has 6 nitrogen and oxygen atoms in total. The van der Waals surface area contributed by atoms with Crippen LogP contribution < -0.4 is 10.1 Å². The third-order valence-electron chi connectivity index (χ3n) is 6.90. The van der Waals surface area contributed by atoms with E-state index in [-0.39, 0.29) is 18.0 Å². The Labute approximate surface area is 147 Å². The SMILES string of the molecule is CCC1NC2C3CCOC(C(O)C13)C21C=[N+]([O-])c2cc(OC)ccc21. The molecule has 1 spiro atoms. The third kappa shape index (κ3) is 1.77. The van der Waals surface area contributed by atoms with E-state index in [1.54, 1.807) is 19.4 Å². The highest BCUT2D eigenvalue weighted by atomic mass is 16.5. The van der Waals surface area contributed by atoms with Crippen molar-refractivity contribution in [2.75, 3.05) is 13.7 Å². The highest BCUT2D eigenvalue weighted by Gasteiger charge is 2.69. The van der Waals surface area contributed by atoms with Gasteiger partial charge in [-0.05, 0) is 30.9 Å². The topological polar surface area (TPSA) is 76.8 Å². The van der Waals surface area contributed by atoms with Crippen molar-refractivity contribution in [1.82, 2.24) is 5.32 Å². The first kappa shape index (κ1) is 15.6. The molecular formula is C19H24N2O4. The second-order valence-electron chi connectivity index (χ2n) is 7.74. The van der Waals surface area contributed by atoms with Gasteiger partial charge in [0.15, 0.2) is 6.21 Å². The molecule has 4 fully saturated rings. The van der Waals surface area contributed by atoms with Crippen molar-refractivity contribution >= 4 is 11.9 Å². The minimum atomic E-state index is -0.621. The van der Waals surface area contributed by atoms with Crippen LogP contribution in [0.4, 0.5) is 5.69 Å². The van der Waals surface area contributed by atoms with Gasteiger partial charge in [0, 0.05) is 30.2 Å². The number of methoxy groups -OCH3 is 1. The van der Waals surface area contributed by atoms with E-state index in [2.05, 4.69) is 12.2 Å². The van der Waals surface area contributed by atoms with E-state index in [1.165, 1.54) is 0 Å². The number of hydrogen-bond donors (Lipinski definition) is 2. The summed E-state index contributed by atoms with van der Waals surface area (Å²) in [5.74, 6) is 1.18. The number of aliphatic hydroxyl groups is 1. The van der Waals surface area contributed by atoms with Gasteiger partial charge in [-0.3, -0.25) is 0 Å². The molecule has 1 aliphatic carbocycles. The second-order valence-corrected chi connectivity index (χ2v) is 7.74. The minimum Gasteiger partial charge on any atom is -0.618 e. The van der Waals surface area contributed by atoms with Crippen LogP contribution in [0.3, 0.4) is 0 Å². The number of rotatable bonds is 2. The molecule has 7 atom stereocenters. The maximum Gasteiger partial charge on any atom is 0.224 e. The Morgan fingerprint density at radius 3 is 3.08 bits per heavy atom. The normalized spacial score (nSPS) is 43.9. The predicted octanol–water partition coefficient (Wildman–Crippen LogP) is 1.31. The summed E-state index contributed by atoms with van der Waals surface area (Å²) < 4.78 is 12.4. The van der Waals surface area contributed by atoms with Crippen LogP contribution in [-0.2, 0) is 10.2 Å². The van der Waals surface area contributed by atoms with Gasteiger partial charge in [0.25, 0.3) is 0 Å². The molecule has 5 aliphatic rings. The highest BCUT2D eigenvalue weighted by molar-refractivity contribution is 5.82. The fraction of sp³-hybridized carbons (Fsp3) is 0.632. The van der Waals surface area contributed by atoms with E-state index < -0.39 is 17.6 Å². The third-order valence-corrected chi connectivity index (χ3v) is 6.90. The molecule has 4 heterocycles. The number of nitrogens with one attached hydrogen (secondary N) is 1. The first-order valence-corrected chi connectivity index (χ1v) is 9.18. The average molecular weight is 344 g/mol. The fourth-order valence-electron chi connectivity index (χ4n) is 5.94. The van der Waals surface area contributed by atoms with E-state index in [0.717, 1.165) is 23.1 Å². The first-order chi connectivity index (χ1) is 12.1. The Balaban J connectivity index is 1.72. The van der Waals surface area contributed by atoms with E-state index in [9.17, 15) is 10.3 Å². The summed E-state index contributed by atoms with van der Waals surface area (Å²) in [5.41, 5.74) is 0.914. The van der Waals surface area contributed by atoms with Crippen LogP contribution in [0.25, 0.3) is 0 Å². The van der Waals surface area contributed by atoms with Crippen molar-refractivity contribution in [1.29, 1.82) is 0 Å². The van der Waals surface area contributed by atoms with E-state index in [1.807, 2.05) is 12.1 Å². The summed E-state index contributed by atoms with van der Waals surface area (Å²) in [4.78, 5) is 0. The molecule has 6 rings (SSSR count). The monoisotopic (exact) mass is 344 g/mol. The van der Waals surface area contributed by atoms with Crippen molar-refractivity contribution in [2.24, 2.45) is 11.8 Å². The van der Waals surface area contributed by atoms with Gasteiger partial charge in [0.1, 0.15) is 17.3 Å². The standard InChI is InChI=1S/C19H24N2O4/c1-3-13-15-11-6-7-25-18(16(15)22)19(17(11)20-13)9-21(23)14-8-10(24-2)4-5-12(14)19/h4-5,8-9,11,13,15-18,20,22H,3,6-7H2,1-2H3. The Kier molecular flexibility index (Phi) is 3.24. The fourth-order valence-corrected chi connectivity index (χ4v) is 5.94. The van der Waals surface area contributed by atoms with E-state index in [0.29, 0.717) is 24.0 Å². The first-order valence-electron chi connectivity index (χ1n) is 9.18. The zero-order valence-corrected chi connectivity index (χ0v) is 14.5. The molecule has 0 amide bonds. The number of benzene rings is 1. The Morgan fingerprint density at radius 2 is 2.32 bits per heavy atom. The molecule has 3 saturated heterocycles. The molecule has 1 saturated carbocycles. The van der Waals surface area contributed by atoms with Crippen molar-refractivity contribution in [3.8, 4) is 5.75 Å². The Bertz CT molecular complexity index is 751. The molecule has 4 aliphatic heterocycles. The highest BCUT2D eigenvalue weighted by Crippen LogP contribution is 2.57. The molecule has 134 valence electrons.